The summed E-state index contributed by atoms with van der Waals surface area (Å²) in [4.78, 5) is 12.9. The number of hydrogen-bond acceptors (Lipinski definition) is 3. The zero-order chi connectivity index (χ0) is 19.7. The SMILES string of the molecule is CC(C)c1c(C(=O)NCc2ccc3c(c2)CNC3)cnn1-c1ccc(Cl)cc1.Cl. The molecule has 0 aliphatic carbocycles. The van der Waals surface area contributed by atoms with Crippen LogP contribution in [0.25, 0.3) is 5.69 Å². The van der Waals surface area contributed by atoms with Crippen molar-refractivity contribution in [2.24, 2.45) is 0 Å². The van der Waals surface area contributed by atoms with Gasteiger partial charge in [0.15, 0.2) is 0 Å². The fourth-order valence-corrected chi connectivity index (χ4v) is 3.74. The summed E-state index contributed by atoms with van der Waals surface area (Å²) in [6, 6.07) is 13.8. The molecule has 0 saturated heterocycles. The first-order valence-corrected chi connectivity index (χ1v) is 9.84. The third-order valence-electron chi connectivity index (χ3n) is 5.02. The van der Waals surface area contributed by atoms with Gasteiger partial charge in [-0.05, 0) is 46.9 Å². The van der Waals surface area contributed by atoms with Crippen LogP contribution in [0.2, 0.25) is 5.02 Å². The van der Waals surface area contributed by atoms with Crippen molar-refractivity contribution < 1.29 is 4.79 Å². The molecule has 7 heteroatoms. The van der Waals surface area contributed by atoms with E-state index in [2.05, 4.69) is 47.8 Å². The summed E-state index contributed by atoms with van der Waals surface area (Å²) in [5.74, 6) is 0.0348. The Morgan fingerprint density at radius 1 is 1.17 bits per heavy atom. The molecule has 0 atom stereocenters. The van der Waals surface area contributed by atoms with Crippen LogP contribution < -0.4 is 10.6 Å². The van der Waals surface area contributed by atoms with Crippen molar-refractivity contribution in [2.75, 3.05) is 0 Å². The molecule has 0 saturated carbocycles. The Bertz CT molecular complexity index is 1010. The number of fused-ring (bicyclic) bond motifs is 1. The second-order valence-corrected chi connectivity index (χ2v) is 7.81. The molecule has 4 rings (SSSR count). The van der Waals surface area contributed by atoms with E-state index in [9.17, 15) is 4.79 Å². The highest BCUT2D eigenvalue weighted by atomic mass is 35.5. The molecule has 2 aromatic carbocycles. The molecule has 0 spiro atoms. The van der Waals surface area contributed by atoms with E-state index in [0.29, 0.717) is 17.1 Å². The van der Waals surface area contributed by atoms with E-state index < -0.39 is 0 Å². The van der Waals surface area contributed by atoms with Gasteiger partial charge in [0.1, 0.15) is 0 Å². The zero-order valence-corrected chi connectivity index (χ0v) is 18.0. The summed E-state index contributed by atoms with van der Waals surface area (Å²) in [5, 5.41) is 11.5. The average Bonchev–Trinajstić information content (AvgIpc) is 3.33. The number of hydrogen-bond donors (Lipinski definition) is 2. The summed E-state index contributed by atoms with van der Waals surface area (Å²) in [6.45, 7) is 6.43. The highest BCUT2D eigenvalue weighted by Crippen LogP contribution is 2.24. The number of aromatic nitrogens is 2. The number of halogens is 2. The lowest BCUT2D eigenvalue weighted by Gasteiger charge is -2.13. The molecule has 152 valence electrons. The fraction of sp³-hybridized carbons (Fsp3) is 0.273. The lowest BCUT2D eigenvalue weighted by atomic mass is 10.0. The molecule has 5 nitrogen and oxygen atoms in total. The maximum absolute atomic E-state index is 12.9. The number of amides is 1. The first-order valence-electron chi connectivity index (χ1n) is 9.46. The largest absolute Gasteiger partial charge is 0.348 e. The number of nitrogens with zero attached hydrogens (tertiary/aromatic N) is 2. The van der Waals surface area contributed by atoms with Gasteiger partial charge in [-0.25, -0.2) is 4.68 Å². The van der Waals surface area contributed by atoms with Crippen molar-refractivity contribution in [1.29, 1.82) is 0 Å². The van der Waals surface area contributed by atoms with Gasteiger partial charge in [-0.3, -0.25) is 4.79 Å². The summed E-state index contributed by atoms with van der Waals surface area (Å²) in [6.07, 6.45) is 1.64. The van der Waals surface area contributed by atoms with Crippen LogP contribution in [0.3, 0.4) is 0 Å². The van der Waals surface area contributed by atoms with Crippen molar-refractivity contribution in [3.05, 3.63) is 81.6 Å². The minimum Gasteiger partial charge on any atom is -0.348 e. The van der Waals surface area contributed by atoms with Gasteiger partial charge < -0.3 is 10.6 Å². The summed E-state index contributed by atoms with van der Waals surface area (Å²) in [5.41, 5.74) is 6.13. The second kappa shape index (κ2) is 8.99. The van der Waals surface area contributed by atoms with Crippen LogP contribution in [0, 0.1) is 0 Å². The van der Waals surface area contributed by atoms with Crippen LogP contribution in [0.15, 0.2) is 48.7 Å². The van der Waals surface area contributed by atoms with E-state index in [-0.39, 0.29) is 24.2 Å². The van der Waals surface area contributed by atoms with Crippen LogP contribution in [-0.4, -0.2) is 15.7 Å². The van der Waals surface area contributed by atoms with Crippen molar-refractivity contribution in [2.45, 2.75) is 39.4 Å². The van der Waals surface area contributed by atoms with E-state index in [4.69, 9.17) is 11.6 Å². The molecule has 0 fully saturated rings. The van der Waals surface area contributed by atoms with Gasteiger partial charge in [-0.1, -0.05) is 43.6 Å². The number of carbonyl (C=O) groups excluding carboxylic acids is 1. The lowest BCUT2D eigenvalue weighted by Crippen LogP contribution is -2.24. The van der Waals surface area contributed by atoms with Crippen molar-refractivity contribution in [1.82, 2.24) is 20.4 Å². The number of rotatable bonds is 5. The van der Waals surface area contributed by atoms with Gasteiger partial charge in [0, 0.05) is 24.7 Å². The van der Waals surface area contributed by atoms with Crippen LogP contribution in [0.1, 0.15) is 52.5 Å². The van der Waals surface area contributed by atoms with Gasteiger partial charge >= 0.3 is 0 Å². The molecule has 2 N–H and O–H groups in total. The summed E-state index contributed by atoms with van der Waals surface area (Å²) < 4.78 is 1.82. The predicted octanol–water partition coefficient (Wildman–Crippen LogP) is 4.60. The monoisotopic (exact) mass is 430 g/mol. The molecule has 1 aromatic heterocycles. The molecule has 2 heterocycles. The molecule has 1 aliphatic heterocycles. The maximum Gasteiger partial charge on any atom is 0.255 e. The molecule has 3 aromatic rings. The van der Waals surface area contributed by atoms with Crippen molar-refractivity contribution in [3.8, 4) is 5.69 Å². The van der Waals surface area contributed by atoms with Crippen LogP contribution in [-0.2, 0) is 19.6 Å². The Balaban J connectivity index is 0.00000240. The van der Waals surface area contributed by atoms with Crippen LogP contribution in [0.4, 0.5) is 0 Å². The van der Waals surface area contributed by atoms with Gasteiger partial charge in [0.25, 0.3) is 5.91 Å². The standard InChI is InChI=1S/C22H23ClN4O.ClH/c1-14(2)21-20(13-26-27(21)19-7-5-18(23)6-8-19)22(28)25-10-15-3-4-16-11-24-12-17(16)9-15;/h3-9,13-14,24H,10-12H2,1-2H3,(H,25,28);1H. The minimum atomic E-state index is -0.109. The Morgan fingerprint density at radius 2 is 1.90 bits per heavy atom. The van der Waals surface area contributed by atoms with Gasteiger partial charge in [0.2, 0.25) is 0 Å². The molecular formula is C22H24Cl2N4O. The van der Waals surface area contributed by atoms with Crippen molar-refractivity contribution in [3.63, 3.8) is 0 Å². The first-order chi connectivity index (χ1) is 13.5. The van der Waals surface area contributed by atoms with Crippen molar-refractivity contribution >= 4 is 29.9 Å². The minimum absolute atomic E-state index is 0. The molecule has 1 amide bonds. The normalized spacial score (nSPS) is 12.6. The second-order valence-electron chi connectivity index (χ2n) is 7.38. The third kappa shape index (κ3) is 4.47. The number of nitrogens with one attached hydrogen (secondary N) is 2. The Hall–Kier alpha value is -2.34. The molecule has 0 unspecified atom stereocenters. The van der Waals surface area contributed by atoms with E-state index in [1.807, 2.05) is 28.9 Å². The maximum atomic E-state index is 12.9. The molecule has 1 aliphatic rings. The van der Waals surface area contributed by atoms with E-state index in [1.165, 1.54) is 11.1 Å². The zero-order valence-electron chi connectivity index (χ0n) is 16.4. The number of benzene rings is 2. The third-order valence-corrected chi connectivity index (χ3v) is 5.28. The molecule has 29 heavy (non-hydrogen) atoms. The predicted molar refractivity (Wildman–Crippen MR) is 118 cm³/mol. The van der Waals surface area contributed by atoms with E-state index in [0.717, 1.165) is 30.0 Å². The van der Waals surface area contributed by atoms with Gasteiger partial charge in [-0.2, -0.15) is 5.10 Å². The number of carbonyl (C=O) groups is 1. The fourth-order valence-electron chi connectivity index (χ4n) is 3.61. The highest BCUT2D eigenvalue weighted by Gasteiger charge is 2.21. The lowest BCUT2D eigenvalue weighted by molar-refractivity contribution is 0.0949. The Labute approximate surface area is 181 Å². The van der Waals surface area contributed by atoms with E-state index in [1.54, 1.807) is 6.20 Å². The quantitative estimate of drug-likeness (QED) is 0.621. The highest BCUT2D eigenvalue weighted by molar-refractivity contribution is 6.30. The van der Waals surface area contributed by atoms with E-state index >= 15 is 0 Å². The molecule has 0 radical (unpaired) electrons. The smallest absolute Gasteiger partial charge is 0.255 e. The topological polar surface area (TPSA) is 59.0 Å². The molecular weight excluding hydrogens is 407 g/mol. The molecule has 0 bridgehead atoms. The van der Waals surface area contributed by atoms with Gasteiger partial charge in [-0.15, -0.1) is 12.4 Å². The first kappa shape index (κ1) is 21.4. The summed E-state index contributed by atoms with van der Waals surface area (Å²) >= 11 is 5.99. The summed E-state index contributed by atoms with van der Waals surface area (Å²) in [7, 11) is 0. The van der Waals surface area contributed by atoms with Crippen LogP contribution in [0.5, 0.6) is 0 Å². The van der Waals surface area contributed by atoms with Gasteiger partial charge in [0.05, 0.1) is 23.1 Å². The van der Waals surface area contributed by atoms with Crippen LogP contribution >= 0.6 is 24.0 Å². The Morgan fingerprint density at radius 3 is 2.62 bits per heavy atom. The Kier molecular flexibility index (Phi) is 6.63. The average molecular weight is 431 g/mol.